The van der Waals surface area contributed by atoms with Crippen molar-refractivity contribution in [3.05, 3.63) is 45.5 Å². The summed E-state index contributed by atoms with van der Waals surface area (Å²) >= 11 is 0. The normalized spacial score (nSPS) is 12.9. The van der Waals surface area contributed by atoms with E-state index in [2.05, 4.69) is 26.1 Å². The second-order valence-electron chi connectivity index (χ2n) is 8.98. The van der Waals surface area contributed by atoms with E-state index in [0.29, 0.717) is 29.6 Å². The summed E-state index contributed by atoms with van der Waals surface area (Å²) in [4.78, 5) is 36.1. The van der Waals surface area contributed by atoms with Crippen molar-refractivity contribution < 1.29 is 23.5 Å². The van der Waals surface area contributed by atoms with Crippen LogP contribution in [0.3, 0.4) is 0 Å². The molecule has 3 rings (SSSR count). The minimum atomic E-state index is -1.06. The molecule has 2 heterocycles. The number of carboxylic acid groups (broad SMARTS) is 1. The Morgan fingerprint density at radius 1 is 1.16 bits per heavy atom. The highest BCUT2D eigenvalue weighted by Crippen LogP contribution is 2.35. The van der Waals surface area contributed by atoms with E-state index >= 15 is 0 Å². The Morgan fingerprint density at radius 2 is 1.87 bits per heavy atom. The largest absolute Gasteiger partial charge is 0.480 e. The van der Waals surface area contributed by atoms with E-state index in [0.717, 1.165) is 21.9 Å². The number of aliphatic carboxylic acids is 1. The van der Waals surface area contributed by atoms with Crippen molar-refractivity contribution in [2.24, 2.45) is 0 Å². The Kier molecular flexibility index (Phi) is 6.25. The molecule has 7 heteroatoms. The molecule has 7 nitrogen and oxygen atoms in total. The van der Waals surface area contributed by atoms with Crippen LogP contribution in [0.25, 0.3) is 21.9 Å². The van der Waals surface area contributed by atoms with Gasteiger partial charge in [-0.3, -0.25) is 4.79 Å². The number of carbonyl (C=O) groups is 2. The Morgan fingerprint density at radius 3 is 2.48 bits per heavy atom. The van der Waals surface area contributed by atoms with Gasteiger partial charge in [0.05, 0.1) is 6.26 Å². The van der Waals surface area contributed by atoms with Crippen LogP contribution in [0.4, 0.5) is 0 Å². The molecule has 3 aromatic rings. The van der Waals surface area contributed by atoms with E-state index in [4.69, 9.17) is 8.83 Å². The molecule has 0 spiro atoms. The zero-order valence-electron chi connectivity index (χ0n) is 18.6. The van der Waals surface area contributed by atoms with Gasteiger partial charge in [-0.05, 0) is 36.8 Å². The van der Waals surface area contributed by atoms with Crippen LogP contribution >= 0.6 is 0 Å². The van der Waals surface area contributed by atoms with E-state index < -0.39 is 23.5 Å². The number of furan rings is 1. The summed E-state index contributed by atoms with van der Waals surface area (Å²) in [6.45, 7) is 10.0. The van der Waals surface area contributed by atoms with Crippen LogP contribution in [0, 0.1) is 6.92 Å². The summed E-state index contributed by atoms with van der Waals surface area (Å²) in [5.41, 5.74) is 2.72. The molecule has 0 aliphatic rings. The highest BCUT2D eigenvalue weighted by atomic mass is 16.4. The minimum absolute atomic E-state index is 0.00575. The van der Waals surface area contributed by atoms with E-state index in [9.17, 15) is 19.5 Å². The quantitative estimate of drug-likeness (QED) is 0.539. The Labute approximate surface area is 180 Å². The molecule has 1 aromatic carbocycles. The maximum Gasteiger partial charge on any atom is 0.339 e. The lowest BCUT2D eigenvalue weighted by molar-refractivity contribution is -0.142. The van der Waals surface area contributed by atoms with Crippen LogP contribution in [0.15, 0.2) is 32.0 Å². The molecular weight excluding hydrogens is 398 g/mol. The molecule has 0 bridgehead atoms. The van der Waals surface area contributed by atoms with E-state index in [1.54, 1.807) is 12.3 Å². The molecule has 0 unspecified atom stereocenters. The number of fused-ring (bicyclic) bond motifs is 2. The summed E-state index contributed by atoms with van der Waals surface area (Å²) in [6.07, 6.45) is 2.91. The van der Waals surface area contributed by atoms with Gasteiger partial charge in [0.25, 0.3) is 0 Å². The maximum absolute atomic E-state index is 12.6. The predicted molar refractivity (Wildman–Crippen MR) is 118 cm³/mol. The molecule has 2 N–H and O–H groups in total. The topological polar surface area (TPSA) is 110 Å². The van der Waals surface area contributed by atoms with E-state index in [1.165, 1.54) is 0 Å². The summed E-state index contributed by atoms with van der Waals surface area (Å²) in [6, 6.07) is 2.78. The number of aryl methyl sites for hydroxylation is 1. The Balaban J connectivity index is 1.92. The number of rotatable bonds is 7. The first-order valence-corrected chi connectivity index (χ1v) is 10.5. The molecule has 1 atom stereocenters. The molecule has 2 aromatic heterocycles. The Hall–Kier alpha value is -3.09. The molecule has 0 radical (unpaired) electrons. The number of hydrogen-bond acceptors (Lipinski definition) is 5. The third kappa shape index (κ3) is 4.65. The average molecular weight is 427 g/mol. The summed E-state index contributed by atoms with van der Waals surface area (Å²) in [5, 5.41) is 13.5. The molecule has 1 amide bonds. The number of hydrogen-bond donors (Lipinski definition) is 2. The van der Waals surface area contributed by atoms with Crippen molar-refractivity contribution in [1.82, 2.24) is 5.32 Å². The van der Waals surface area contributed by atoms with Gasteiger partial charge in [-0.25, -0.2) is 9.59 Å². The molecule has 31 heavy (non-hydrogen) atoms. The van der Waals surface area contributed by atoms with Gasteiger partial charge >= 0.3 is 11.6 Å². The fraction of sp³-hybridized carbons (Fsp3) is 0.458. The third-order valence-corrected chi connectivity index (χ3v) is 5.60. The minimum Gasteiger partial charge on any atom is -0.480 e. The number of carboxylic acids is 1. The number of benzene rings is 1. The van der Waals surface area contributed by atoms with Crippen molar-refractivity contribution in [2.45, 2.75) is 71.8 Å². The average Bonchev–Trinajstić information content (AvgIpc) is 3.09. The van der Waals surface area contributed by atoms with Gasteiger partial charge in [-0.15, -0.1) is 0 Å². The second-order valence-corrected chi connectivity index (χ2v) is 8.98. The molecule has 0 saturated heterocycles. The first-order valence-electron chi connectivity index (χ1n) is 10.5. The maximum atomic E-state index is 12.6. The van der Waals surface area contributed by atoms with Crippen LogP contribution in [-0.2, 0) is 21.4 Å². The van der Waals surface area contributed by atoms with E-state index in [1.807, 2.05) is 19.9 Å². The van der Waals surface area contributed by atoms with Gasteiger partial charge in [-0.2, -0.15) is 0 Å². The molecule has 0 aliphatic heterocycles. The summed E-state index contributed by atoms with van der Waals surface area (Å²) in [7, 11) is 0. The summed E-state index contributed by atoms with van der Waals surface area (Å²) < 4.78 is 11.2. The highest BCUT2D eigenvalue weighted by molar-refractivity contribution is 5.97. The summed E-state index contributed by atoms with van der Waals surface area (Å²) in [5.74, 6) is -1.46. The lowest BCUT2D eigenvalue weighted by Gasteiger charge is -2.16. The monoisotopic (exact) mass is 427 g/mol. The van der Waals surface area contributed by atoms with Crippen LogP contribution in [0.5, 0.6) is 0 Å². The van der Waals surface area contributed by atoms with E-state index in [-0.39, 0.29) is 18.3 Å². The smallest absolute Gasteiger partial charge is 0.339 e. The first-order chi connectivity index (χ1) is 14.5. The van der Waals surface area contributed by atoms with Crippen molar-refractivity contribution >= 4 is 33.8 Å². The lowest BCUT2D eigenvalue weighted by atomic mass is 9.86. The second kappa shape index (κ2) is 8.57. The fourth-order valence-electron chi connectivity index (χ4n) is 3.83. The van der Waals surface area contributed by atoms with Crippen molar-refractivity contribution in [3.63, 3.8) is 0 Å². The van der Waals surface area contributed by atoms with Crippen molar-refractivity contribution in [2.75, 3.05) is 0 Å². The Bertz CT molecular complexity index is 1190. The highest BCUT2D eigenvalue weighted by Gasteiger charge is 2.22. The number of nitrogens with one attached hydrogen (secondary N) is 1. The standard InChI is InChI=1S/C24H29NO6/c1-6-7-18(22(27)28)25-21(26)9-8-14-13(2)15-10-16-17(24(3,4)5)12-30-19(16)11-20(15)31-23(14)29/h10-12,18H,6-9H2,1-5H3,(H,25,26)(H,27,28)/t18-/m0/s1. The van der Waals surface area contributed by atoms with Crippen LogP contribution < -0.4 is 10.9 Å². The predicted octanol–water partition coefficient (Wildman–Crippen LogP) is 4.45. The molecule has 0 fully saturated rings. The molecule has 166 valence electrons. The van der Waals surface area contributed by atoms with Crippen molar-refractivity contribution in [1.29, 1.82) is 0 Å². The third-order valence-electron chi connectivity index (χ3n) is 5.60. The molecule has 0 aliphatic carbocycles. The zero-order valence-corrected chi connectivity index (χ0v) is 18.6. The van der Waals surface area contributed by atoms with Gasteiger partial charge in [0.15, 0.2) is 0 Å². The van der Waals surface area contributed by atoms with Crippen molar-refractivity contribution in [3.8, 4) is 0 Å². The van der Waals surface area contributed by atoms with Gasteiger partial charge in [0.2, 0.25) is 5.91 Å². The van der Waals surface area contributed by atoms with Gasteiger partial charge in [0, 0.05) is 34.4 Å². The van der Waals surface area contributed by atoms with Gasteiger partial charge in [0.1, 0.15) is 17.2 Å². The molecular formula is C24H29NO6. The zero-order chi connectivity index (χ0) is 22.9. The van der Waals surface area contributed by atoms with Gasteiger partial charge < -0.3 is 19.3 Å². The first kappa shape index (κ1) is 22.6. The van der Waals surface area contributed by atoms with Crippen LogP contribution in [0.2, 0.25) is 0 Å². The number of carbonyl (C=O) groups excluding carboxylic acids is 1. The molecule has 0 saturated carbocycles. The van der Waals surface area contributed by atoms with Gasteiger partial charge in [-0.1, -0.05) is 34.1 Å². The van der Waals surface area contributed by atoms with Crippen LogP contribution in [0.1, 0.15) is 63.6 Å². The lowest BCUT2D eigenvalue weighted by Crippen LogP contribution is -2.40. The fourth-order valence-corrected chi connectivity index (χ4v) is 3.83. The van der Waals surface area contributed by atoms with Crippen LogP contribution in [-0.4, -0.2) is 23.0 Å². The SMILES string of the molecule is CCC[C@H](NC(=O)CCc1c(C)c2cc3c(C(C)(C)C)coc3cc2oc1=O)C(=O)O. The number of amides is 1.